The molecule has 2 aromatic carbocycles. The number of aromatic nitrogens is 3. The number of ether oxygens (including phenoxy) is 1. The van der Waals surface area contributed by atoms with Gasteiger partial charge in [0.05, 0.1) is 24.2 Å². The molecule has 0 radical (unpaired) electrons. The van der Waals surface area contributed by atoms with E-state index in [9.17, 15) is 9.59 Å². The number of hydrogen-bond donors (Lipinski definition) is 3. The van der Waals surface area contributed by atoms with Crippen molar-refractivity contribution in [2.45, 2.75) is 38.6 Å². The Labute approximate surface area is 264 Å². The molecule has 1 aliphatic rings. The lowest BCUT2D eigenvalue weighted by atomic mass is 10.2. The van der Waals surface area contributed by atoms with E-state index >= 15 is 0 Å². The van der Waals surface area contributed by atoms with Gasteiger partial charge in [-0.15, -0.1) is 0 Å². The average molecular weight is 611 g/mol. The first kappa shape index (κ1) is 31.5. The Bertz CT molecular complexity index is 1710. The normalized spacial score (nSPS) is 13.2. The van der Waals surface area contributed by atoms with Crippen molar-refractivity contribution in [3.63, 3.8) is 0 Å². The standard InChI is InChI=1S/C34H42N8O3/c1-7-31(43)37-26-19-27(30(45-6)20-28(26)41(5)16-15-40(3)4)38-34-35-21-23-18-29(33(44)36-24-12-10-11-22(2)17-24)42(32(23)39-34)25-13-8-9-14-25/h7,10-12,17-21,25H,1,8-9,13-16H2,2-6H3,(H,36,44)(H,37,43)(H,35,38,39). The van der Waals surface area contributed by atoms with Crippen LogP contribution in [0.25, 0.3) is 11.0 Å². The second kappa shape index (κ2) is 13.8. The minimum atomic E-state index is -0.322. The van der Waals surface area contributed by atoms with E-state index in [2.05, 4.69) is 41.9 Å². The molecule has 4 aromatic rings. The molecule has 0 aliphatic heterocycles. The first-order valence-electron chi connectivity index (χ1n) is 15.2. The Morgan fingerprint density at radius 1 is 1.07 bits per heavy atom. The van der Waals surface area contributed by atoms with E-state index in [-0.39, 0.29) is 17.9 Å². The van der Waals surface area contributed by atoms with Crippen LogP contribution in [0.3, 0.4) is 0 Å². The van der Waals surface area contributed by atoms with Gasteiger partial charge in [-0.2, -0.15) is 4.98 Å². The van der Waals surface area contributed by atoms with Crippen molar-refractivity contribution in [1.29, 1.82) is 0 Å². The molecule has 2 amide bonds. The first-order valence-corrected chi connectivity index (χ1v) is 15.2. The van der Waals surface area contributed by atoms with Gasteiger partial charge in [0, 0.05) is 49.5 Å². The molecular weight excluding hydrogens is 568 g/mol. The third-order valence-electron chi connectivity index (χ3n) is 8.08. The number of amides is 2. The third kappa shape index (κ3) is 7.26. The summed E-state index contributed by atoms with van der Waals surface area (Å²) in [5.41, 5.74) is 5.04. The number of hydrogen-bond acceptors (Lipinski definition) is 8. The number of anilines is 5. The van der Waals surface area contributed by atoms with E-state index < -0.39 is 0 Å². The van der Waals surface area contributed by atoms with Crippen LogP contribution in [0.2, 0.25) is 0 Å². The molecule has 45 heavy (non-hydrogen) atoms. The second-order valence-corrected chi connectivity index (χ2v) is 11.7. The van der Waals surface area contributed by atoms with Gasteiger partial charge in [-0.3, -0.25) is 9.59 Å². The number of nitrogens with one attached hydrogen (secondary N) is 3. The van der Waals surface area contributed by atoms with Crippen molar-refractivity contribution >= 4 is 51.5 Å². The molecule has 5 rings (SSSR count). The minimum Gasteiger partial charge on any atom is -0.494 e. The Morgan fingerprint density at radius 2 is 1.84 bits per heavy atom. The summed E-state index contributed by atoms with van der Waals surface area (Å²) in [5, 5.41) is 10.1. The lowest BCUT2D eigenvalue weighted by Gasteiger charge is -2.26. The minimum absolute atomic E-state index is 0.163. The predicted molar refractivity (Wildman–Crippen MR) is 181 cm³/mol. The van der Waals surface area contributed by atoms with Gasteiger partial charge in [-0.05, 0) is 69.8 Å². The molecule has 1 saturated carbocycles. The van der Waals surface area contributed by atoms with Crippen LogP contribution in [0.5, 0.6) is 5.75 Å². The third-order valence-corrected chi connectivity index (χ3v) is 8.08. The number of fused-ring (bicyclic) bond motifs is 1. The predicted octanol–water partition coefficient (Wildman–Crippen LogP) is 5.98. The maximum absolute atomic E-state index is 13.6. The highest BCUT2D eigenvalue weighted by molar-refractivity contribution is 6.06. The largest absolute Gasteiger partial charge is 0.494 e. The zero-order valence-electron chi connectivity index (χ0n) is 26.7. The van der Waals surface area contributed by atoms with E-state index in [0.717, 1.165) is 61.1 Å². The van der Waals surface area contributed by atoms with Crippen molar-refractivity contribution in [3.05, 3.63) is 72.6 Å². The number of rotatable bonds is 12. The number of carbonyl (C=O) groups excluding carboxylic acids is 2. The molecule has 1 aliphatic carbocycles. The number of nitrogens with zero attached hydrogens (tertiary/aromatic N) is 5. The van der Waals surface area contributed by atoms with E-state index in [4.69, 9.17) is 9.72 Å². The smallest absolute Gasteiger partial charge is 0.272 e. The van der Waals surface area contributed by atoms with Gasteiger partial charge in [-0.1, -0.05) is 31.6 Å². The van der Waals surface area contributed by atoms with Gasteiger partial charge in [0.2, 0.25) is 11.9 Å². The van der Waals surface area contributed by atoms with Gasteiger partial charge in [0.1, 0.15) is 17.1 Å². The highest BCUT2D eigenvalue weighted by Crippen LogP contribution is 2.39. The molecule has 2 heterocycles. The molecule has 0 unspecified atom stereocenters. The molecule has 0 bridgehead atoms. The number of likely N-dealkylation sites (N-methyl/N-ethyl adjacent to an activating group) is 2. The van der Waals surface area contributed by atoms with Gasteiger partial charge in [0.25, 0.3) is 5.91 Å². The summed E-state index contributed by atoms with van der Waals surface area (Å²) < 4.78 is 7.83. The summed E-state index contributed by atoms with van der Waals surface area (Å²) in [6.07, 6.45) is 7.13. The number of carbonyl (C=O) groups is 2. The average Bonchev–Trinajstić information content (AvgIpc) is 3.68. The molecule has 0 atom stereocenters. The van der Waals surface area contributed by atoms with Crippen molar-refractivity contribution < 1.29 is 14.3 Å². The van der Waals surface area contributed by atoms with Crippen molar-refractivity contribution in [3.8, 4) is 5.75 Å². The van der Waals surface area contributed by atoms with Crippen LogP contribution >= 0.6 is 0 Å². The van der Waals surface area contributed by atoms with Crippen LogP contribution in [0.4, 0.5) is 28.7 Å². The summed E-state index contributed by atoms with van der Waals surface area (Å²) in [7, 11) is 7.60. The Balaban J connectivity index is 1.52. The maximum atomic E-state index is 13.6. The van der Waals surface area contributed by atoms with Crippen LogP contribution in [0.15, 0.2) is 61.3 Å². The summed E-state index contributed by atoms with van der Waals surface area (Å²) in [6, 6.07) is 13.5. The van der Waals surface area contributed by atoms with Crippen LogP contribution in [-0.4, -0.2) is 72.6 Å². The monoisotopic (exact) mass is 610 g/mol. The van der Waals surface area contributed by atoms with Gasteiger partial charge in [0.15, 0.2) is 0 Å². The fraction of sp³-hybridized carbons (Fsp3) is 0.353. The fourth-order valence-electron chi connectivity index (χ4n) is 5.72. The highest BCUT2D eigenvalue weighted by atomic mass is 16.5. The van der Waals surface area contributed by atoms with Crippen molar-refractivity contribution in [2.24, 2.45) is 0 Å². The molecule has 0 spiro atoms. The van der Waals surface area contributed by atoms with Crippen LogP contribution in [-0.2, 0) is 4.79 Å². The Kier molecular flexibility index (Phi) is 9.68. The molecule has 11 nitrogen and oxygen atoms in total. The van der Waals surface area contributed by atoms with E-state index in [1.54, 1.807) is 13.3 Å². The summed E-state index contributed by atoms with van der Waals surface area (Å²) in [6.45, 7) is 7.16. The topological polar surface area (TPSA) is 117 Å². The first-order chi connectivity index (χ1) is 21.7. The summed E-state index contributed by atoms with van der Waals surface area (Å²) >= 11 is 0. The highest BCUT2D eigenvalue weighted by Gasteiger charge is 2.26. The second-order valence-electron chi connectivity index (χ2n) is 11.7. The van der Waals surface area contributed by atoms with Gasteiger partial charge in [-0.25, -0.2) is 4.98 Å². The van der Waals surface area contributed by atoms with Gasteiger partial charge < -0.3 is 35.1 Å². The quantitative estimate of drug-likeness (QED) is 0.168. The summed E-state index contributed by atoms with van der Waals surface area (Å²) in [5.74, 6) is 0.403. The SMILES string of the molecule is C=CC(=O)Nc1cc(Nc2ncc3cc(C(=O)Nc4cccc(C)c4)n(C4CCCC4)c3n2)c(OC)cc1N(C)CCN(C)C. The Hall–Kier alpha value is -4.90. The molecule has 0 saturated heterocycles. The molecule has 11 heteroatoms. The lowest BCUT2D eigenvalue weighted by Crippen LogP contribution is -2.29. The van der Waals surface area contributed by atoms with Crippen LogP contribution < -0.4 is 25.6 Å². The number of benzene rings is 2. The van der Waals surface area contributed by atoms with E-state index in [0.29, 0.717) is 34.4 Å². The van der Waals surface area contributed by atoms with E-state index in [1.807, 2.05) is 70.5 Å². The Morgan fingerprint density at radius 3 is 2.53 bits per heavy atom. The maximum Gasteiger partial charge on any atom is 0.272 e. The van der Waals surface area contributed by atoms with Crippen LogP contribution in [0, 0.1) is 6.92 Å². The zero-order chi connectivity index (χ0) is 32.1. The van der Waals surface area contributed by atoms with Crippen molar-refractivity contribution in [2.75, 3.05) is 62.2 Å². The molecular formula is C34H42N8O3. The lowest BCUT2D eigenvalue weighted by molar-refractivity contribution is -0.111. The molecule has 236 valence electrons. The van der Waals surface area contributed by atoms with E-state index in [1.165, 1.54) is 6.08 Å². The summed E-state index contributed by atoms with van der Waals surface area (Å²) in [4.78, 5) is 39.6. The molecule has 2 aromatic heterocycles. The zero-order valence-corrected chi connectivity index (χ0v) is 26.7. The molecule has 1 fully saturated rings. The van der Waals surface area contributed by atoms with Crippen molar-refractivity contribution in [1.82, 2.24) is 19.4 Å². The molecule has 3 N–H and O–H groups in total. The van der Waals surface area contributed by atoms with Gasteiger partial charge >= 0.3 is 0 Å². The number of aryl methyl sites for hydroxylation is 1. The number of methoxy groups -OCH3 is 1. The fourth-order valence-corrected chi connectivity index (χ4v) is 5.72. The van der Waals surface area contributed by atoms with Crippen LogP contribution in [0.1, 0.15) is 47.8 Å².